The molecule has 0 aromatic carbocycles. The van der Waals surface area contributed by atoms with E-state index in [-0.39, 0.29) is 0 Å². The molecule has 0 spiro atoms. The Balaban J connectivity index is 2.20. The summed E-state index contributed by atoms with van der Waals surface area (Å²) in [5.74, 6) is 5.95. The molecule has 3 nitrogen and oxygen atoms in total. The molecule has 0 radical (unpaired) electrons. The van der Waals surface area contributed by atoms with Crippen LogP contribution in [-0.4, -0.2) is 11.9 Å². The van der Waals surface area contributed by atoms with Crippen LogP contribution in [0.15, 0.2) is 0 Å². The summed E-state index contributed by atoms with van der Waals surface area (Å²) in [7, 11) is 0. The quantitative estimate of drug-likeness (QED) is 0.529. The van der Waals surface area contributed by atoms with Gasteiger partial charge in [0.05, 0.1) is 6.04 Å². The van der Waals surface area contributed by atoms with E-state index in [1.54, 1.807) is 0 Å². The van der Waals surface area contributed by atoms with Crippen molar-refractivity contribution in [3.05, 3.63) is 0 Å². The van der Waals surface area contributed by atoms with Crippen molar-refractivity contribution < 1.29 is 4.79 Å². The van der Waals surface area contributed by atoms with Crippen LogP contribution in [0.2, 0.25) is 0 Å². The largest absolute Gasteiger partial charge is 0.368 e. The monoisotopic (exact) mass is 152 g/mol. The summed E-state index contributed by atoms with van der Waals surface area (Å²) in [6.07, 6.45) is 2.78. The molecule has 0 saturated heterocycles. The van der Waals surface area contributed by atoms with E-state index in [1.807, 2.05) is 0 Å². The predicted octanol–water partition coefficient (Wildman–Crippen LogP) is -0.398. The van der Waals surface area contributed by atoms with Gasteiger partial charge in [0.2, 0.25) is 5.91 Å². The molecule has 1 saturated carbocycles. The minimum atomic E-state index is -0.596. The Bertz CT molecular complexity index is 210. The zero-order valence-electron chi connectivity index (χ0n) is 6.34. The summed E-state index contributed by atoms with van der Waals surface area (Å²) in [5.41, 5.74) is 10.3. The summed E-state index contributed by atoms with van der Waals surface area (Å²) in [5, 5.41) is 0. The summed E-state index contributed by atoms with van der Waals surface area (Å²) in [4.78, 5) is 10.4. The third kappa shape index (κ3) is 3.06. The first-order valence-electron chi connectivity index (χ1n) is 3.73. The molecule has 4 N–H and O–H groups in total. The van der Waals surface area contributed by atoms with Crippen molar-refractivity contribution in [2.75, 3.05) is 0 Å². The lowest BCUT2D eigenvalue weighted by atomic mass is 10.2. The average molecular weight is 152 g/mol. The van der Waals surface area contributed by atoms with Gasteiger partial charge in [-0.15, -0.1) is 5.92 Å². The average Bonchev–Trinajstić information content (AvgIpc) is 2.71. The molecule has 1 unspecified atom stereocenters. The van der Waals surface area contributed by atoms with Crippen LogP contribution in [-0.2, 0) is 4.79 Å². The molecule has 1 atom stereocenters. The molecule has 0 bridgehead atoms. The van der Waals surface area contributed by atoms with Gasteiger partial charge in [-0.25, -0.2) is 0 Å². The van der Waals surface area contributed by atoms with Gasteiger partial charge in [0, 0.05) is 12.3 Å². The lowest BCUT2D eigenvalue weighted by Gasteiger charge is -1.99. The summed E-state index contributed by atoms with van der Waals surface area (Å²) in [6, 6.07) is -0.596. The van der Waals surface area contributed by atoms with E-state index in [1.165, 1.54) is 12.8 Å². The normalized spacial score (nSPS) is 18.3. The first kappa shape index (κ1) is 8.09. The number of nitrogens with two attached hydrogens (primary N) is 2. The van der Waals surface area contributed by atoms with Gasteiger partial charge >= 0.3 is 0 Å². The molecule has 0 aromatic rings. The second kappa shape index (κ2) is 3.40. The standard InChI is InChI=1S/C8H12N2O/c9-7(8(10)11)3-1-2-6-4-5-6/h6-7H,3-5,9H2,(H2,10,11). The fourth-order valence-electron chi connectivity index (χ4n) is 0.641. The van der Waals surface area contributed by atoms with Gasteiger partial charge in [-0.05, 0) is 12.8 Å². The highest BCUT2D eigenvalue weighted by atomic mass is 16.1. The number of rotatable bonds is 2. The van der Waals surface area contributed by atoms with Crippen LogP contribution >= 0.6 is 0 Å². The molecular weight excluding hydrogens is 140 g/mol. The zero-order valence-corrected chi connectivity index (χ0v) is 6.34. The van der Waals surface area contributed by atoms with Crippen molar-refractivity contribution in [3.63, 3.8) is 0 Å². The fourth-order valence-corrected chi connectivity index (χ4v) is 0.641. The van der Waals surface area contributed by atoms with E-state index in [0.717, 1.165) is 0 Å². The zero-order chi connectivity index (χ0) is 8.27. The smallest absolute Gasteiger partial charge is 0.235 e. The minimum Gasteiger partial charge on any atom is -0.368 e. The highest BCUT2D eigenvalue weighted by Crippen LogP contribution is 2.27. The van der Waals surface area contributed by atoms with Crippen molar-refractivity contribution in [2.45, 2.75) is 25.3 Å². The van der Waals surface area contributed by atoms with E-state index in [4.69, 9.17) is 11.5 Å². The fraction of sp³-hybridized carbons (Fsp3) is 0.625. The Morgan fingerprint density at radius 1 is 1.64 bits per heavy atom. The predicted molar refractivity (Wildman–Crippen MR) is 42.3 cm³/mol. The molecule has 1 rings (SSSR count). The van der Waals surface area contributed by atoms with Crippen molar-refractivity contribution >= 4 is 5.91 Å². The Morgan fingerprint density at radius 3 is 2.73 bits per heavy atom. The topological polar surface area (TPSA) is 69.1 Å². The Kier molecular flexibility index (Phi) is 2.50. The van der Waals surface area contributed by atoms with Crippen LogP contribution < -0.4 is 11.5 Å². The molecule has 1 fully saturated rings. The number of amides is 1. The van der Waals surface area contributed by atoms with Gasteiger partial charge in [-0.1, -0.05) is 5.92 Å². The maximum atomic E-state index is 10.4. The van der Waals surface area contributed by atoms with Crippen LogP contribution in [0.3, 0.4) is 0 Å². The van der Waals surface area contributed by atoms with Gasteiger partial charge in [-0.3, -0.25) is 4.79 Å². The van der Waals surface area contributed by atoms with Crippen LogP contribution in [0.5, 0.6) is 0 Å². The van der Waals surface area contributed by atoms with E-state index < -0.39 is 11.9 Å². The second-order valence-corrected chi connectivity index (χ2v) is 2.81. The highest BCUT2D eigenvalue weighted by molar-refractivity contribution is 5.79. The van der Waals surface area contributed by atoms with E-state index in [0.29, 0.717) is 12.3 Å². The lowest BCUT2D eigenvalue weighted by Crippen LogP contribution is -2.35. The first-order valence-corrected chi connectivity index (χ1v) is 3.73. The Labute approximate surface area is 66.1 Å². The number of carbonyl (C=O) groups excluding carboxylic acids is 1. The molecule has 1 aliphatic rings. The molecule has 60 valence electrons. The van der Waals surface area contributed by atoms with E-state index >= 15 is 0 Å². The van der Waals surface area contributed by atoms with Crippen molar-refractivity contribution in [1.82, 2.24) is 0 Å². The van der Waals surface area contributed by atoms with Gasteiger partial charge < -0.3 is 11.5 Å². The lowest BCUT2D eigenvalue weighted by molar-refractivity contribution is -0.119. The summed E-state index contributed by atoms with van der Waals surface area (Å²) in [6.45, 7) is 0. The number of hydrogen-bond donors (Lipinski definition) is 2. The van der Waals surface area contributed by atoms with Gasteiger partial charge in [0.15, 0.2) is 0 Å². The highest BCUT2D eigenvalue weighted by Gasteiger charge is 2.17. The third-order valence-electron chi connectivity index (χ3n) is 1.57. The molecular formula is C8H12N2O. The van der Waals surface area contributed by atoms with Gasteiger partial charge in [-0.2, -0.15) is 0 Å². The van der Waals surface area contributed by atoms with Gasteiger partial charge in [0.1, 0.15) is 0 Å². The number of primary amides is 1. The van der Waals surface area contributed by atoms with Crippen LogP contribution in [0, 0.1) is 17.8 Å². The third-order valence-corrected chi connectivity index (χ3v) is 1.57. The minimum absolute atomic E-state index is 0.395. The van der Waals surface area contributed by atoms with E-state index in [2.05, 4.69) is 11.8 Å². The second-order valence-electron chi connectivity index (χ2n) is 2.81. The SMILES string of the molecule is NC(=O)C(N)CC#CC1CC1. The van der Waals surface area contributed by atoms with Crippen LogP contribution in [0.1, 0.15) is 19.3 Å². The molecule has 1 aliphatic carbocycles. The van der Waals surface area contributed by atoms with Crippen LogP contribution in [0.4, 0.5) is 0 Å². The summed E-state index contributed by atoms with van der Waals surface area (Å²) < 4.78 is 0. The molecule has 1 amide bonds. The number of carbonyl (C=O) groups is 1. The Morgan fingerprint density at radius 2 is 2.27 bits per heavy atom. The molecule has 0 heterocycles. The maximum Gasteiger partial charge on any atom is 0.235 e. The van der Waals surface area contributed by atoms with Gasteiger partial charge in [0.25, 0.3) is 0 Å². The maximum absolute atomic E-state index is 10.4. The molecule has 3 heteroatoms. The first-order chi connectivity index (χ1) is 5.20. The molecule has 0 aliphatic heterocycles. The van der Waals surface area contributed by atoms with Crippen LogP contribution in [0.25, 0.3) is 0 Å². The number of hydrogen-bond acceptors (Lipinski definition) is 2. The van der Waals surface area contributed by atoms with E-state index in [9.17, 15) is 4.79 Å². The van der Waals surface area contributed by atoms with Crippen molar-refractivity contribution in [1.29, 1.82) is 0 Å². The van der Waals surface area contributed by atoms with Crippen molar-refractivity contribution in [2.24, 2.45) is 17.4 Å². The molecule has 11 heavy (non-hydrogen) atoms. The summed E-state index contributed by atoms with van der Waals surface area (Å²) >= 11 is 0. The Hall–Kier alpha value is -1.01. The van der Waals surface area contributed by atoms with Crippen molar-refractivity contribution in [3.8, 4) is 11.8 Å². The molecule has 0 aromatic heterocycles.